The van der Waals surface area contributed by atoms with Gasteiger partial charge >= 0.3 is 0 Å². The van der Waals surface area contributed by atoms with Gasteiger partial charge in [-0.3, -0.25) is 0 Å². The van der Waals surface area contributed by atoms with Crippen molar-refractivity contribution in [2.24, 2.45) is 0 Å². The topological polar surface area (TPSA) is 51.2 Å². The molecule has 5 heteroatoms. The molecule has 84 valence electrons. The Balaban J connectivity index is 2.46. The summed E-state index contributed by atoms with van der Waals surface area (Å²) in [6.07, 6.45) is 0.934. The third kappa shape index (κ3) is 2.07. The lowest BCUT2D eigenvalue weighted by Crippen LogP contribution is -2.69. The lowest BCUT2D eigenvalue weighted by Gasteiger charge is -2.51. The Kier molecular flexibility index (Phi) is 4.77. The molecule has 1 aliphatic heterocycles. The minimum Gasteiger partial charge on any atom is -0.395 e. The summed E-state index contributed by atoms with van der Waals surface area (Å²) < 4.78 is 10.3. The van der Waals surface area contributed by atoms with Crippen LogP contribution in [0.25, 0.3) is 0 Å². The van der Waals surface area contributed by atoms with Crippen LogP contribution in [-0.2, 0) is 14.3 Å². The van der Waals surface area contributed by atoms with Crippen molar-refractivity contribution in [2.45, 2.75) is 31.5 Å². The van der Waals surface area contributed by atoms with Gasteiger partial charge in [0.05, 0.1) is 31.9 Å². The zero-order valence-electron chi connectivity index (χ0n) is 8.97. The van der Waals surface area contributed by atoms with Gasteiger partial charge in [-0.2, -0.15) is 5.06 Å². The van der Waals surface area contributed by atoms with E-state index >= 15 is 0 Å². The van der Waals surface area contributed by atoms with Crippen molar-refractivity contribution in [3.63, 3.8) is 0 Å². The fourth-order valence-electron chi connectivity index (χ4n) is 1.93. The molecule has 0 bridgehead atoms. The Morgan fingerprint density at radius 3 is 2.43 bits per heavy atom. The van der Waals surface area contributed by atoms with Gasteiger partial charge in [0.25, 0.3) is 0 Å². The predicted octanol–water partition coefficient (Wildman–Crippen LogP) is -0.00800. The molecule has 0 saturated carbocycles. The molecule has 0 aliphatic carbocycles. The maximum atomic E-state index is 9.13. The fraction of sp³-hybridized carbons (Fsp3) is 1.00. The van der Waals surface area contributed by atoms with Crippen molar-refractivity contribution in [1.29, 1.82) is 0 Å². The number of rotatable bonds is 6. The van der Waals surface area contributed by atoms with Crippen molar-refractivity contribution in [1.82, 2.24) is 5.06 Å². The first-order valence-corrected chi connectivity index (χ1v) is 4.84. The second-order valence-electron chi connectivity index (χ2n) is 3.31. The molecule has 0 radical (unpaired) electrons. The van der Waals surface area contributed by atoms with E-state index in [9.17, 15) is 0 Å². The monoisotopic (exact) mass is 205 g/mol. The van der Waals surface area contributed by atoms with E-state index < -0.39 is 0 Å². The average molecular weight is 205 g/mol. The van der Waals surface area contributed by atoms with Crippen LogP contribution < -0.4 is 0 Å². The van der Waals surface area contributed by atoms with Crippen LogP contribution in [0.1, 0.15) is 13.3 Å². The quantitative estimate of drug-likeness (QED) is 0.618. The zero-order valence-corrected chi connectivity index (χ0v) is 8.97. The molecule has 14 heavy (non-hydrogen) atoms. The molecule has 0 aromatic rings. The molecule has 1 fully saturated rings. The number of ether oxygens (including phenoxy) is 2. The second kappa shape index (κ2) is 5.63. The Morgan fingerprint density at radius 1 is 1.29 bits per heavy atom. The molecular formula is C9H19NO4. The minimum absolute atomic E-state index is 0.00454. The van der Waals surface area contributed by atoms with E-state index in [1.54, 1.807) is 19.3 Å². The first kappa shape index (κ1) is 11.9. The van der Waals surface area contributed by atoms with E-state index in [4.69, 9.17) is 19.4 Å². The first-order valence-electron chi connectivity index (χ1n) is 4.84. The highest BCUT2D eigenvalue weighted by atomic mass is 16.7. The van der Waals surface area contributed by atoms with E-state index in [1.807, 2.05) is 0 Å². The number of nitrogens with zero attached hydrogens (tertiary/aromatic N) is 1. The SMILES string of the molecule is CCC1C(OCOC)C(CO)N1OC. The van der Waals surface area contributed by atoms with Crippen LogP contribution in [0.15, 0.2) is 0 Å². The Bertz CT molecular complexity index is 155. The van der Waals surface area contributed by atoms with Crippen LogP contribution in [0, 0.1) is 0 Å². The van der Waals surface area contributed by atoms with Crippen molar-refractivity contribution < 1.29 is 19.4 Å². The molecule has 1 heterocycles. The summed E-state index contributed by atoms with van der Waals surface area (Å²) in [6, 6.07) is 0.146. The van der Waals surface area contributed by atoms with Gasteiger partial charge in [0.15, 0.2) is 0 Å². The summed E-state index contributed by atoms with van der Waals surface area (Å²) in [4.78, 5) is 5.16. The number of hydrogen-bond donors (Lipinski definition) is 1. The van der Waals surface area contributed by atoms with Gasteiger partial charge in [-0.1, -0.05) is 6.92 Å². The molecule has 1 rings (SSSR count). The summed E-state index contributed by atoms with van der Waals surface area (Å²) in [6.45, 7) is 2.36. The first-order chi connectivity index (χ1) is 6.79. The number of aliphatic hydroxyl groups is 1. The summed E-state index contributed by atoms with van der Waals surface area (Å²) in [5.41, 5.74) is 0. The van der Waals surface area contributed by atoms with Gasteiger partial charge in [-0.15, -0.1) is 0 Å². The van der Waals surface area contributed by atoms with Gasteiger partial charge in [-0.25, -0.2) is 0 Å². The number of aliphatic hydroxyl groups excluding tert-OH is 1. The largest absolute Gasteiger partial charge is 0.395 e. The molecule has 3 unspecified atom stereocenters. The van der Waals surface area contributed by atoms with Gasteiger partial charge in [-0.05, 0) is 6.42 Å². The Morgan fingerprint density at radius 2 is 2.00 bits per heavy atom. The van der Waals surface area contributed by atoms with Crippen LogP contribution in [0.5, 0.6) is 0 Å². The molecule has 1 saturated heterocycles. The van der Waals surface area contributed by atoms with Gasteiger partial charge in [0.1, 0.15) is 6.79 Å². The summed E-state index contributed by atoms with van der Waals surface area (Å²) in [5.74, 6) is 0. The van der Waals surface area contributed by atoms with Gasteiger partial charge in [0.2, 0.25) is 0 Å². The number of hydroxylamine groups is 2. The normalized spacial score (nSPS) is 33.0. The number of hydrogen-bond acceptors (Lipinski definition) is 5. The maximum Gasteiger partial charge on any atom is 0.146 e. The van der Waals surface area contributed by atoms with Gasteiger partial charge in [0, 0.05) is 7.11 Å². The van der Waals surface area contributed by atoms with E-state index in [0.29, 0.717) is 0 Å². The third-order valence-corrected chi connectivity index (χ3v) is 2.61. The van der Waals surface area contributed by atoms with E-state index in [0.717, 1.165) is 6.42 Å². The molecule has 0 amide bonds. The molecule has 0 spiro atoms. The maximum absolute atomic E-state index is 9.13. The molecular weight excluding hydrogens is 186 g/mol. The van der Waals surface area contributed by atoms with Crippen molar-refractivity contribution >= 4 is 0 Å². The highest BCUT2D eigenvalue weighted by Crippen LogP contribution is 2.30. The van der Waals surface area contributed by atoms with Crippen LogP contribution in [0.3, 0.4) is 0 Å². The fourth-order valence-corrected chi connectivity index (χ4v) is 1.93. The van der Waals surface area contributed by atoms with Crippen LogP contribution >= 0.6 is 0 Å². The highest BCUT2D eigenvalue weighted by Gasteiger charge is 2.48. The highest BCUT2D eigenvalue weighted by molar-refractivity contribution is 4.97. The van der Waals surface area contributed by atoms with E-state index in [1.165, 1.54) is 0 Å². The molecule has 1 aliphatic rings. The van der Waals surface area contributed by atoms with Crippen molar-refractivity contribution in [3.05, 3.63) is 0 Å². The average Bonchev–Trinajstić information content (AvgIpc) is 2.18. The predicted molar refractivity (Wildman–Crippen MR) is 50.5 cm³/mol. The third-order valence-electron chi connectivity index (χ3n) is 2.61. The summed E-state index contributed by atoms with van der Waals surface area (Å²) in [7, 11) is 3.19. The van der Waals surface area contributed by atoms with Crippen LogP contribution in [0.2, 0.25) is 0 Å². The van der Waals surface area contributed by atoms with Gasteiger partial charge < -0.3 is 19.4 Å². The molecule has 5 nitrogen and oxygen atoms in total. The van der Waals surface area contributed by atoms with E-state index in [-0.39, 0.29) is 31.6 Å². The van der Waals surface area contributed by atoms with Crippen LogP contribution in [0.4, 0.5) is 0 Å². The Labute approximate surface area is 84.5 Å². The lowest BCUT2D eigenvalue weighted by molar-refractivity contribution is -0.320. The number of methoxy groups -OCH3 is 1. The standard InChI is InChI=1S/C9H19NO4/c1-4-7-9(14-6-12-2)8(5-11)10(7)13-3/h7-9,11H,4-6H2,1-3H3. The molecule has 0 aromatic heterocycles. The molecule has 3 atom stereocenters. The molecule has 0 aromatic carbocycles. The Hall–Kier alpha value is -0.200. The van der Waals surface area contributed by atoms with Crippen molar-refractivity contribution in [2.75, 3.05) is 27.6 Å². The molecule has 1 N–H and O–H groups in total. The minimum atomic E-state index is -0.0694. The van der Waals surface area contributed by atoms with Crippen molar-refractivity contribution in [3.8, 4) is 0 Å². The zero-order chi connectivity index (χ0) is 10.6. The summed E-state index contributed by atoms with van der Waals surface area (Å²) in [5, 5.41) is 10.9. The lowest BCUT2D eigenvalue weighted by atomic mass is 9.90. The van der Waals surface area contributed by atoms with E-state index in [2.05, 4.69) is 6.92 Å². The second-order valence-corrected chi connectivity index (χ2v) is 3.31. The summed E-state index contributed by atoms with van der Waals surface area (Å²) >= 11 is 0. The van der Waals surface area contributed by atoms with Crippen LogP contribution in [-0.4, -0.2) is 56.0 Å². The smallest absolute Gasteiger partial charge is 0.146 e.